The van der Waals surface area contributed by atoms with E-state index in [0.29, 0.717) is 18.2 Å². The molecular weight excluding hydrogens is 332 g/mol. The topological polar surface area (TPSA) is 76.6 Å². The molecule has 7 nitrogen and oxygen atoms in total. The molecule has 0 saturated carbocycles. The van der Waals surface area contributed by atoms with Gasteiger partial charge in [0.1, 0.15) is 12.2 Å². The zero-order valence-corrected chi connectivity index (χ0v) is 14.7. The quantitative estimate of drug-likeness (QED) is 0.661. The summed E-state index contributed by atoms with van der Waals surface area (Å²) in [5.74, 6) is 0.981. The maximum atomic E-state index is 11.1. The van der Waals surface area contributed by atoms with Gasteiger partial charge in [-0.05, 0) is 24.3 Å². The molecule has 1 fully saturated rings. The van der Waals surface area contributed by atoms with Crippen molar-refractivity contribution in [3.05, 3.63) is 36.4 Å². The lowest BCUT2D eigenvalue weighted by atomic mass is 10.2. The molecule has 0 bridgehead atoms. The Morgan fingerprint density at radius 2 is 1.92 bits per heavy atom. The average molecular weight is 354 g/mol. The number of rotatable bonds is 4. The molecule has 0 radical (unpaired) electrons. The van der Waals surface area contributed by atoms with Crippen LogP contribution < -0.4 is 15.0 Å². The number of anilines is 1. The van der Waals surface area contributed by atoms with Gasteiger partial charge in [-0.2, -0.15) is 4.98 Å². The summed E-state index contributed by atoms with van der Waals surface area (Å²) in [7, 11) is 0. The fraction of sp³-hybridized carbons (Fsp3) is 0.421. The lowest BCUT2D eigenvalue weighted by Crippen LogP contribution is -2.44. The van der Waals surface area contributed by atoms with Gasteiger partial charge in [0, 0.05) is 39.5 Å². The number of fused-ring (bicyclic) bond motifs is 1. The van der Waals surface area contributed by atoms with Gasteiger partial charge in [-0.3, -0.25) is 4.79 Å². The van der Waals surface area contributed by atoms with Gasteiger partial charge in [0.15, 0.2) is 0 Å². The third kappa shape index (κ3) is 3.62. The standard InChI is InChI=1S/C19H22N4O3/c1-13(24)25-14-6-7-15(12-14)26-18-16-4-2-3-5-17(16)21-19(22-18)23-10-8-20-9-11-23/h2-7,14-15,20H,8-12H2,1H3/t14-,15+/m0/s1. The minimum atomic E-state index is -0.284. The zero-order valence-electron chi connectivity index (χ0n) is 14.7. The Morgan fingerprint density at radius 1 is 1.15 bits per heavy atom. The van der Waals surface area contributed by atoms with Gasteiger partial charge in [-0.1, -0.05) is 12.1 Å². The average Bonchev–Trinajstić information content (AvgIpc) is 3.08. The molecule has 1 saturated heterocycles. The molecule has 2 aromatic rings. The summed E-state index contributed by atoms with van der Waals surface area (Å²) < 4.78 is 11.4. The van der Waals surface area contributed by atoms with E-state index in [9.17, 15) is 4.79 Å². The summed E-state index contributed by atoms with van der Waals surface area (Å²) in [4.78, 5) is 22.7. The van der Waals surface area contributed by atoms with Gasteiger partial charge in [0.05, 0.1) is 10.9 Å². The Hall–Kier alpha value is -2.67. The van der Waals surface area contributed by atoms with Crippen molar-refractivity contribution in [2.75, 3.05) is 31.1 Å². The van der Waals surface area contributed by atoms with Crippen molar-refractivity contribution < 1.29 is 14.3 Å². The molecule has 7 heteroatoms. The number of para-hydroxylation sites is 1. The van der Waals surface area contributed by atoms with E-state index in [2.05, 4.69) is 10.2 Å². The van der Waals surface area contributed by atoms with Crippen molar-refractivity contribution in [2.24, 2.45) is 0 Å². The maximum Gasteiger partial charge on any atom is 0.303 e. The Bertz CT molecular complexity index is 833. The number of hydrogen-bond acceptors (Lipinski definition) is 7. The summed E-state index contributed by atoms with van der Waals surface area (Å²) in [5, 5.41) is 4.22. The van der Waals surface area contributed by atoms with E-state index in [1.165, 1.54) is 6.92 Å². The number of carbonyl (C=O) groups excluding carboxylic acids is 1. The molecule has 2 atom stereocenters. The number of piperazine rings is 1. The van der Waals surface area contributed by atoms with Gasteiger partial charge >= 0.3 is 5.97 Å². The van der Waals surface area contributed by atoms with Crippen LogP contribution in [0, 0.1) is 0 Å². The van der Waals surface area contributed by atoms with Gasteiger partial charge in [0.2, 0.25) is 11.8 Å². The number of carbonyl (C=O) groups is 1. The third-order valence-electron chi connectivity index (χ3n) is 4.54. The number of benzene rings is 1. The van der Waals surface area contributed by atoms with Crippen molar-refractivity contribution in [3.8, 4) is 5.88 Å². The van der Waals surface area contributed by atoms with Gasteiger partial charge in [-0.25, -0.2) is 4.98 Å². The van der Waals surface area contributed by atoms with Crippen LogP contribution in [0.4, 0.5) is 5.95 Å². The first-order valence-electron chi connectivity index (χ1n) is 8.94. The van der Waals surface area contributed by atoms with Crippen molar-refractivity contribution in [1.82, 2.24) is 15.3 Å². The predicted molar refractivity (Wildman–Crippen MR) is 98.3 cm³/mol. The third-order valence-corrected chi connectivity index (χ3v) is 4.54. The maximum absolute atomic E-state index is 11.1. The van der Waals surface area contributed by atoms with Crippen LogP contribution in [0.15, 0.2) is 36.4 Å². The van der Waals surface area contributed by atoms with Crippen LogP contribution in [-0.4, -0.2) is 54.3 Å². The highest BCUT2D eigenvalue weighted by molar-refractivity contribution is 5.84. The first-order valence-corrected chi connectivity index (χ1v) is 8.94. The van der Waals surface area contributed by atoms with E-state index in [-0.39, 0.29) is 18.2 Å². The minimum absolute atomic E-state index is 0.173. The van der Waals surface area contributed by atoms with Crippen LogP contribution >= 0.6 is 0 Å². The molecule has 26 heavy (non-hydrogen) atoms. The molecule has 1 N–H and O–H groups in total. The molecule has 1 aliphatic heterocycles. The number of ether oxygens (including phenoxy) is 2. The van der Waals surface area contributed by atoms with Crippen molar-refractivity contribution >= 4 is 22.8 Å². The molecule has 0 unspecified atom stereocenters. The van der Waals surface area contributed by atoms with E-state index in [1.54, 1.807) is 0 Å². The fourth-order valence-corrected chi connectivity index (χ4v) is 3.30. The number of hydrogen-bond donors (Lipinski definition) is 1. The van der Waals surface area contributed by atoms with Gasteiger partial charge in [0.25, 0.3) is 0 Å². The Kier molecular flexibility index (Phi) is 4.71. The number of nitrogens with one attached hydrogen (secondary N) is 1. The Morgan fingerprint density at radius 3 is 2.73 bits per heavy atom. The van der Waals surface area contributed by atoms with Crippen LogP contribution in [0.3, 0.4) is 0 Å². The smallest absolute Gasteiger partial charge is 0.303 e. The monoisotopic (exact) mass is 354 g/mol. The SMILES string of the molecule is CC(=O)O[C@H]1C=C[C@@H](Oc2nc(N3CCNCC3)nc3ccccc23)C1. The fourth-order valence-electron chi connectivity index (χ4n) is 3.30. The van der Waals surface area contributed by atoms with E-state index in [0.717, 1.165) is 37.1 Å². The summed E-state index contributed by atoms with van der Waals surface area (Å²) in [6, 6.07) is 7.86. The number of aromatic nitrogens is 2. The van der Waals surface area contributed by atoms with Crippen LogP contribution in [0.2, 0.25) is 0 Å². The summed E-state index contributed by atoms with van der Waals surface area (Å²) >= 11 is 0. The van der Waals surface area contributed by atoms with E-state index < -0.39 is 0 Å². The van der Waals surface area contributed by atoms with Crippen molar-refractivity contribution in [3.63, 3.8) is 0 Å². The normalized spacial score (nSPS) is 22.6. The number of nitrogens with zero attached hydrogens (tertiary/aromatic N) is 3. The highest BCUT2D eigenvalue weighted by Gasteiger charge is 2.24. The van der Waals surface area contributed by atoms with Crippen molar-refractivity contribution in [2.45, 2.75) is 25.6 Å². The predicted octanol–water partition coefficient (Wildman–Crippen LogP) is 1.68. The molecule has 1 aromatic heterocycles. The molecule has 0 spiro atoms. The second kappa shape index (κ2) is 7.29. The first-order chi connectivity index (χ1) is 12.7. The van der Waals surface area contributed by atoms with Crippen LogP contribution in [0.1, 0.15) is 13.3 Å². The molecular formula is C19H22N4O3. The highest BCUT2D eigenvalue weighted by Crippen LogP contribution is 2.28. The second-order valence-electron chi connectivity index (χ2n) is 6.51. The summed E-state index contributed by atoms with van der Waals surface area (Å²) in [6.07, 6.45) is 3.98. The molecule has 4 rings (SSSR count). The van der Waals surface area contributed by atoms with Crippen LogP contribution in [0.25, 0.3) is 10.9 Å². The molecule has 1 aliphatic carbocycles. The second-order valence-corrected chi connectivity index (χ2v) is 6.51. The Balaban J connectivity index is 1.59. The molecule has 2 heterocycles. The summed E-state index contributed by atoms with van der Waals surface area (Å²) in [6.45, 7) is 4.99. The lowest BCUT2D eigenvalue weighted by Gasteiger charge is -2.28. The van der Waals surface area contributed by atoms with E-state index in [1.807, 2.05) is 36.4 Å². The van der Waals surface area contributed by atoms with Crippen LogP contribution in [-0.2, 0) is 9.53 Å². The molecule has 1 aromatic carbocycles. The zero-order chi connectivity index (χ0) is 17.9. The molecule has 2 aliphatic rings. The minimum Gasteiger partial charge on any atom is -0.469 e. The molecule has 0 amide bonds. The number of esters is 1. The van der Waals surface area contributed by atoms with Crippen LogP contribution in [0.5, 0.6) is 5.88 Å². The lowest BCUT2D eigenvalue weighted by molar-refractivity contribution is -0.144. The van der Waals surface area contributed by atoms with Gasteiger partial charge < -0.3 is 19.7 Å². The molecule has 136 valence electrons. The Labute approximate surface area is 152 Å². The van der Waals surface area contributed by atoms with Crippen molar-refractivity contribution in [1.29, 1.82) is 0 Å². The highest BCUT2D eigenvalue weighted by atomic mass is 16.5. The van der Waals surface area contributed by atoms with E-state index >= 15 is 0 Å². The summed E-state index contributed by atoms with van der Waals surface area (Å²) in [5.41, 5.74) is 0.865. The van der Waals surface area contributed by atoms with Gasteiger partial charge in [-0.15, -0.1) is 0 Å². The first kappa shape index (κ1) is 16.8. The van der Waals surface area contributed by atoms with E-state index in [4.69, 9.17) is 19.4 Å². The largest absolute Gasteiger partial charge is 0.469 e.